The highest BCUT2D eigenvalue weighted by Gasteiger charge is 2.19. The number of alkyl halides is 2. The fraction of sp³-hybridized carbons (Fsp3) is 0.467. The van der Waals surface area contributed by atoms with E-state index in [9.17, 15) is 8.78 Å². The van der Waals surface area contributed by atoms with Crippen LogP contribution in [-0.4, -0.2) is 38.0 Å². The summed E-state index contributed by atoms with van der Waals surface area (Å²) in [4.78, 5) is 1.62. The van der Waals surface area contributed by atoms with Gasteiger partial charge in [0.1, 0.15) is 11.3 Å². The van der Waals surface area contributed by atoms with Crippen molar-refractivity contribution < 1.29 is 13.2 Å². The third-order valence-corrected chi connectivity index (χ3v) is 3.18. The van der Waals surface area contributed by atoms with Gasteiger partial charge < -0.3 is 9.73 Å². The predicted octanol–water partition coefficient (Wildman–Crippen LogP) is 3.28. The molecule has 0 fully saturated rings. The minimum atomic E-state index is -2.32. The highest BCUT2D eigenvalue weighted by Crippen LogP contribution is 2.24. The van der Waals surface area contributed by atoms with E-state index < -0.39 is 6.43 Å². The molecular weight excluding hydrogens is 262 g/mol. The Bertz CT molecular complexity index is 508. The minimum absolute atomic E-state index is 0.0869. The molecule has 1 N–H and O–H groups in total. The van der Waals surface area contributed by atoms with Crippen molar-refractivity contribution in [1.82, 2.24) is 10.2 Å². The van der Waals surface area contributed by atoms with Gasteiger partial charge in [0, 0.05) is 11.9 Å². The first-order chi connectivity index (χ1) is 9.60. The number of halogens is 2. The number of furan rings is 1. The predicted molar refractivity (Wildman–Crippen MR) is 76.1 cm³/mol. The van der Waals surface area contributed by atoms with Gasteiger partial charge in [0.25, 0.3) is 6.43 Å². The van der Waals surface area contributed by atoms with Crippen LogP contribution in [0.3, 0.4) is 0 Å². The normalized spacial score (nSPS) is 13.5. The van der Waals surface area contributed by atoms with Gasteiger partial charge in [0.05, 0.1) is 12.6 Å². The summed E-state index contributed by atoms with van der Waals surface area (Å²) in [5.41, 5.74) is 0.821. The van der Waals surface area contributed by atoms with Crippen molar-refractivity contribution in [1.29, 1.82) is 0 Å². The number of para-hydroxylation sites is 1. The van der Waals surface area contributed by atoms with Gasteiger partial charge in [-0.1, -0.05) is 25.1 Å². The van der Waals surface area contributed by atoms with Crippen molar-refractivity contribution in [2.75, 3.05) is 26.7 Å². The van der Waals surface area contributed by atoms with Crippen LogP contribution < -0.4 is 5.32 Å². The molecule has 0 aliphatic rings. The van der Waals surface area contributed by atoms with Crippen LogP contribution in [0.2, 0.25) is 0 Å². The Balaban J connectivity index is 2.14. The largest absolute Gasteiger partial charge is 0.459 e. The first-order valence-electron chi connectivity index (χ1n) is 6.78. The fourth-order valence-corrected chi connectivity index (χ4v) is 2.30. The maximum atomic E-state index is 12.4. The van der Waals surface area contributed by atoms with Gasteiger partial charge >= 0.3 is 0 Å². The Kier molecular flexibility index (Phi) is 5.09. The maximum absolute atomic E-state index is 12.4. The molecule has 0 radical (unpaired) electrons. The summed E-state index contributed by atoms with van der Waals surface area (Å²) < 4.78 is 30.6. The van der Waals surface area contributed by atoms with Gasteiger partial charge in [0.15, 0.2) is 0 Å². The average Bonchev–Trinajstić information content (AvgIpc) is 2.80. The quantitative estimate of drug-likeness (QED) is 0.844. The smallest absolute Gasteiger partial charge is 0.251 e. The molecular formula is C15H20F2N2O. The van der Waals surface area contributed by atoms with Crippen LogP contribution in [0.4, 0.5) is 8.78 Å². The van der Waals surface area contributed by atoms with Crippen molar-refractivity contribution in [2.45, 2.75) is 19.4 Å². The molecule has 2 rings (SSSR count). The molecule has 0 spiro atoms. The van der Waals surface area contributed by atoms with Crippen LogP contribution in [-0.2, 0) is 0 Å². The molecule has 0 amide bonds. The number of fused-ring (bicyclic) bond motifs is 1. The Hall–Kier alpha value is -1.46. The number of benzene rings is 1. The van der Waals surface area contributed by atoms with Crippen molar-refractivity contribution in [3.05, 3.63) is 36.1 Å². The van der Waals surface area contributed by atoms with Gasteiger partial charge in [-0.25, -0.2) is 8.78 Å². The van der Waals surface area contributed by atoms with E-state index >= 15 is 0 Å². The SMILES string of the molecule is CCNC(CN(C)CC(F)F)c1cc2ccccc2o1. The van der Waals surface area contributed by atoms with Crippen LogP contribution >= 0.6 is 0 Å². The van der Waals surface area contributed by atoms with E-state index in [0.717, 1.165) is 23.3 Å². The lowest BCUT2D eigenvalue weighted by Crippen LogP contribution is -2.35. The summed E-state index contributed by atoms with van der Waals surface area (Å²) in [5, 5.41) is 4.31. The zero-order chi connectivity index (χ0) is 14.5. The Morgan fingerprint density at radius 3 is 2.65 bits per heavy atom. The van der Waals surface area contributed by atoms with Gasteiger partial charge in [-0.15, -0.1) is 0 Å². The van der Waals surface area contributed by atoms with Crippen LogP contribution in [0.15, 0.2) is 34.7 Å². The topological polar surface area (TPSA) is 28.4 Å². The molecule has 1 unspecified atom stereocenters. The highest BCUT2D eigenvalue weighted by molar-refractivity contribution is 5.77. The number of rotatable bonds is 7. The molecule has 1 aromatic heterocycles. The fourth-order valence-electron chi connectivity index (χ4n) is 2.30. The number of nitrogens with zero attached hydrogens (tertiary/aromatic N) is 1. The summed E-state index contributed by atoms with van der Waals surface area (Å²) in [6.45, 7) is 2.99. The summed E-state index contributed by atoms with van der Waals surface area (Å²) >= 11 is 0. The molecule has 5 heteroatoms. The van der Waals surface area contributed by atoms with Crippen LogP contribution in [0.5, 0.6) is 0 Å². The molecule has 3 nitrogen and oxygen atoms in total. The van der Waals surface area contributed by atoms with E-state index in [-0.39, 0.29) is 12.6 Å². The second kappa shape index (κ2) is 6.81. The minimum Gasteiger partial charge on any atom is -0.459 e. The van der Waals surface area contributed by atoms with Crippen molar-refractivity contribution in [3.63, 3.8) is 0 Å². The summed E-state index contributed by atoms with van der Waals surface area (Å²) in [6, 6.07) is 9.64. The van der Waals surface area contributed by atoms with E-state index in [4.69, 9.17) is 4.42 Å². The third-order valence-electron chi connectivity index (χ3n) is 3.18. The second-order valence-electron chi connectivity index (χ2n) is 4.91. The summed E-state index contributed by atoms with van der Waals surface area (Å²) in [5.74, 6) is 0.786. The van der Waals surface area contributed by atoms with Crippen molar-refractivity contribution in [3.8, 4) is 0 Å². The molecule has 1 heterocycles. The summed E-state index contributed by atoms with van der Waals surface area (Å²) in [7, 11) is 1.69. The average molecular weight is 282 g/mol. The van der Waals surface area contributed by atoms with E-state index in [2.05, 4.69) is 5.32 Å². The molecule has 0 aliphatic heterocycles. The molecule has 0 bridgehead atoms. The molecule has 1 atom stereocenters. The lowest BCUT2D eigenvalue weighted by molar-refractivity contribution is 0.0947. The molecule has 2 aromatic rings. The van der Waals surface area contributed by atoms with E-state index in [0.29, 0.717) is 6.54 Å². The highest BCUT2D eigenvalue weighted by atomic mass is 19.3. The van der Waals surface area contributed by atoms with Gasteiger partial charge in [-0.3, -0.25) is 4.90 Å². The number of likely N-dealkylation sites (N-methyl/N-ethyl adjacent to an activating group) is 2. The van der Waals surface area contributed by atoms with Crippen LogP contribution in [0, 0.1) is 0 Å². The first kappa shape index (κ1) is 14.9. The van der Waals surface area contributed by atoms with Crippen LogP contribution in [0.25, 0.3) is 11.0 Å². The van der Waals surface area contributed by atoms with E-state index in [1.54, 1.807) is 11.9 Å². The zero-order valence-corrected chi connectivity index (χ0v) is 11.8. The Morgan fingerprint density at radius 1 is 1.25 bits per heavy atom. The van der Waals surface area contributed by atoms with Crippen LogP contribution in [0.1, 0.15) is 18.7 Å². The van der Waals surface area contributed by atoms with E-state index in [1.807, 2.05) is 37.3 Å². The molecule has 1 aromatic carbocycles. The molecule has 0 saturated carbocycles. The Morgan fingerprint density at radius 2 is 2.00 bits per heavy atom. The second-order valence-corrected chi connectivity index (χ2v) is 4.91. The van der Waals surface area contributed by atoms with Gasteiger partial charge in [0.2, 0.25) is 0 Å². The van der Waals surface area contributed by atoms with Gasteiger partial charge in [-0.05, 0) is 25.7 Å². The number of nitrogens with one attached hydrogen (secondary N) is 1. The standard InChI is InChI=1S/C15H20F2N2O/c1-3-18-12(9-19(2)10-15(16)17)14-8-11-6-4-5-7-13(11)20-14/h4-8,12,15,18H,3,9-10H2,1-2H3. The monoisotopic (exact) mass is 282 g/mol. The summed E-state index contributed by atoms with van der Waals surface area (Å²) in [6.07, 6.45) is -2.32. The number of hydrogen-bond donors (Lipinski definition) is 1. The first-order valence-corrected chi connectivity index (χ1v) is 6.78. The molecule has 0 saturated heterocycles. The zero-order valence-electron chi connectivity index (χ0n) is 11.8. The van der Waals surface area contributed by atoms with Gasteiger partial charge in [-0.2, -0.15) is 0 Å². The molecule has 110 valence electrons. The molecule has 0 aliphatic carbocycles. The lowest BCUT2D eigenvalue weighted by atomic mass is 10.2. The molecule has 20 heavy (non-hydrogen) atoms. The number of hydrogen-bond acceptors (Lipinski definition) is 3. The Labute approximate surface area is 117 Å². The lowest BCUT2D eigenvalue weighted by Gasteiger charge is -2.22. The van der Waals surface area contributed by atoms with E-state index in [1.165, 1.54) is 0 Å². The van der Waals surface area contributed by atoms with Crippen molar-refractivity contribution in [2.24, 2.45) is 0 Å². The maximum Gasteiger partial charge on any atom is 0.251 e. The van der Waals surface area contributed by atoms with Crippen molar-refractivity contribution >= 4 is 11.0 Å². The third kappa shape index (κ3) is 3.77.